The number of benzene rings is 1. The van der Waals surface area contributed by atoms with Crippen LogP contribution in [0.3, 0.4) is 0 Å². The molecule has 0 aliphatic heterocycles. The second kappa shape index (κ2) is 6.12. The maximum Gasteiger partial charge on any atom is 0.266 e. The van der Waals surface area contributed by atoms with Gasteiger partial charge in [0.25, 0.3) is 5.56 Å². The van der Waals surface area contributed by atoms with E-state index >= 15 is 0 Å². The average Bonchev–Trinajstić information content (AvgIpc) is 2.71. The molecule has 1 heterocycles. The number of halogens is 1. The van der Waals surface area contributed by atoms with Crippen LogP contribution < -0.4 is 14.8 Å². The third-order valence-corrected chi connectivity index (χ3v) is 4.56. The van der Waals surface area contributed by atoms with Crippen LogP contribution in [-0.4, -0.2) is 10.8 Å². The minimum Gasteiger partial charge on any atom is -0.313 e. The van der Waals surface area contributed by atoms with Crippen LogP contribution in [0.2, 0.25) is 0 Å². The number of Topliss-reactive ketones (excluding diaryl/α,β-unsaturated/α-hetero) is 1. The van der Waals surface area contributed by atoms with Crippen LogP contribution in [0, 0.1) is 5.41 Å². The second-order valence-electron chi connectivity index (χ2n) is 5.71. The van der Waals surface area contributed by atoms with Gasteiger partial charge in [-0.3, -0.25) is 9.59 Å². The number of hydrogen-bond donors (Lipinski definition) is 1. The SMILES string of the molecule is CC(C)(C)C(=O)/C=c1\[nH]c(=O)/c(=C\c2ccccc2Br)s1. The molecule has 2 rings (SSSR count). The summed E-state index contributed by atoms with van der Waals surface area (Å²) in [5, 5.41) is 0. The van der Waals surface area contributed by atoms with Gasteiger partial charge in [0.15, 0.2) is 5.78 Å². The molecule has 0 aliphatic carbocycles. The van der Waals surface area contributed by atoms with Crippen molar-refractivity contribution in [2.24, 2.45) is 5.41 Å². The van der Waals surface area contributed by atoms with E-state index in [0.717, 1.165) is 10.0 Å². The van der Waals surface area contributed by atoms with Crippen LogP contribution >= 0.6 is 27.3 Å². The number of carbonyl (C=O) groups excluding carboxylic acids is 1. The fraction of sp³-hybridized carbons (Fsp3) is 0.250. The standard InChI is InChI=1S/C16H16BrNO2S/c1-16(2,3)13(19)9-14-18-15(20)12(21-14)8-10-6-4-5-7-11(10)17/h4-9H,1-3H3,(H,18,20)/b12-8+,14-9+. The molecule has 0 atom stereocenters. The molecule has 1 aromatic heterocycles. The molecule has 0 bridgehead atoms. The highest BCUT2D eigenvalue weighted by atomic mass is 79.9. The summed E-state index contributed by atoms with van der Waals surface area (Å²) >= 11 is 4.74. The van der Waals surface area contributed by atoms with Crippen LogP contribution in [0.25, 0.3) is 12.2 Å². The Kier molecular flexibility index (Phi) is 4.64. The van der Waals surface area contributed by atoms with Gasteiger partial charge < -0.3 is 4.98 Å². The van der Waals surface area contributed by atoms with Gasteiger partial charge in [0.1, 0.15) is 0 Å². The first-order valence-electron chi connectivity index (χ1n) is 6.49. The van der Waals surface area contributed by atoms with E-state index in [9.17, 15) is 9.59 Å². The summed E-state index contributed by atoms with van der Waals surface area (Å²) < 4.78 is 2.09. The van der Waals surface area contributed by atoms with E-state index in [1.807, 2.05) is 51.1 Å². The highest BCUT2D eigenvalue weighted by Crippen LogP contribution is 2.16. The number of H-pyrrole nitrogens is 1. The first-order valence-corrected chi connectivity index (χ1v) is 8.10. The van der Waals surface area contributed by atoms with Crippen LogP contribution in [0.1, 0.15) is 26.3 Å². The van der Waals surface area contributed by atoms with E-state index in [0.29, 0.717) is 9.20 Å². The van der Waals surface area contributed by atoms with Crippen LogP contribution in [0.15, 0.2) is 33.5 Å². The van der Waals surface area contributed by atoms with Crippen molar-refractivity contribution in [2.45, 2.75) is 20.8 Å². The van der Waals surface area contributed by atoms with E-state index in [1.165, 1.54) is 17.4 Å². The molecule has 1 aromatic carbocycles. The quantitative estimate of drug-likeness (QED) is 0.888. The molecular formula is C16H16BrNO2S. The van der Waals surface area contributed by atoms with Gasteiger partial charge in [-0.1, -0.05) is 54.9 Å². The molecule has 0 amide bonds. The fourth-order valence-corrected chi connectivity index (χ4v) is 2.87. The molecule has 0 fully saturated rings. The summed E-state index contributed by atoms with van der Waals surface area (Å²) in [7, 11) is 0. The van der Waals surface area contributed by atoms with Crippen molar-refractivity contribution in [2.75, 3.05) is 0 Å². The van der Waals surface area contributed by atoms with E-state index in [1.54, 1.807) is 0 Å². The maximum atomic E-state index is 12.0. The van der Waals surface area contributed by atoms with E-state index in [2.05, 4.69) is 20.9 Å². The van der Waals surface area contributed by atoms with Crippen molar-refractivity contribution in [3.8, 4) is 0 Å². The van der Waals surface area contributed by atoms with Crippen molar-refractivity contribution in [3.05, 3.63) is 53.9 Å². The number of rotatable bonds is 2. The van der Waals surface area contributed by atoms with Gasteiger partial charge in [-0.25, -0.2) is 0 Å². The third kappa shape index (κ3) is 4.02. The lowest BCUT2D eigenvalue weighted by Crippen LogP contribution is -2.22. The summed E-state index contributed by atoms with van der Waals surface area (Å²) in [6.07, 6.45) is 3.32. The number of carbonyl (C=O) groups is 1. The molecule has 0 spiro atoms. The van der Waals surface area contributed by atoms with Gasteiger partial charge in [0, 0.05) is 16.0 Å². The normalized spacial score (nSPS) is 13.7. The summed E-state index contributed by atoms with van der Waals surface area (Å²) in [4.78, 5) is 26.7. The van der Waals surface area contributed by atoms with Crippen molar-refractivity contribution in [1.82, 2.24) is 4.98 Å². The highest BCUT2D eigenvalue weighted by molar-refractivity contribution is 9.10. The van der Waals surface area contributed by atoms with Gasteiger partial charge in [-0.05, 0) is 17.7 Å². The molecule has 3 nitrogen and oxygen atoms in total. The molecule has 0 saturated carbocycles. The van der Waals surface area contributed by atoms with Crippen LogP contribution in [0.5, 0.6) is 0 Å². The van der Waals surface area contributed by atoms with Crippen molar-refractivity contribution in [1.29, 1.82) is 0 Å². The van der Waals surface area contributed by atoms with Crippen LogP contribution in [0.4, 0.5) is 0 Å². The smallest absolute Gasteiger partial charge is 0.266 e. The Labute approximate surface area is 135 Å². The van der Waals surface area contributed by atoms with E-state index in [-0.39, 0.29) is 11.3 Å². The molecular weight excluding hydrogens is 350 g/mol. The summed E-state index contributed by atoms with van der Waals surface area (Å²) in [5.74, 6) is -0.00700. The summed E-state index contributed by atoms with van der Waals surface area (Å²) in [6, 6.07) is 7.67. The number of hydrogen-bond acceptors (Lipinski definition) is 3. The van der Waals surface area contributed by atoms with Gasteiger partial charge >= 0.3 is 0 Å². The molecule has 0 aliphatic rings. The zero-order valence-corrected chi connectivity index (χ0v) is 14.5. The van der Waals surface area contributed by atoms with Gasteiger partial charge in [-0.2, -0.15) is 0 Å². The molecule has 0 radical (unpaired) electrons. The van der Waals surface area contributed by atoms with E-state index in [4.69, 9.17) is 0 Å². The second-order valence-corrected chi connectivity index (χ2v) is 7.65. The number of aromatic nitrogens is 1. The maximum absolute atomic E-state index is 12.0. The Morgan fingerprint density at radius 2 is 1.95 bits per heavy atom. The molecule has 2 aromatic rings. The zero-order valence-electron chi connectivity index (χ0n) is 12.1. The monoisotopic (exact) mass is 365 g/mol. The molecule has 1 N–H and O–H groups in total. The van der Waals surface area contributed by atoms with Gasteiger partial charge in [0.05, 0.1) is 9.20 Å². The lowest BCUT2D eigenvalue weighted by atomic mass is 9.91. The zero-order chi connectivity index (χ0) is 15.6. The number of nitrogens with one attached hydrogen (secondary N) is 1. The Morgan fingerprint density at radius 1 is 1.29 bits per heavy atom. The number of ketones is 1. The minimum absolute atomic E-state index is 0.00700. The molecule has 0 unspecified atom stereocenters. The fourth-order valence-electron chi connectivity index (χ4n) is 1.59. The molecule has 0 saturated heterocycles. The van der Waals surface area contributed by atoms with E-state index < -0.39 is 5.41 Å². The lowest BCUT2D eigenvalue weighted by molar-refractivity contribution is -0.119. The highest BCUT2D eigenvalue weighted by Gasteiger charge is 2.18. The molecule has 110 valence electrons. The summed E-state index contributed by atoms with van der Waals surface area (Å²) in [5.41, 5.74) is 0.301. The van der Waals surface area contributed by atoms with Crippen molar-refractivity contribution in [3.63, 3.8) is 0 Å². The summed E-state index contributed by atoms with van der Waals surface area (Å²) in [6.45, 7) is 5.56. The predicted octanol–water partition coefficient (Wildman–Crippen LogP) is 2.42. The van der Waals surface area contributed by atoms with Gasteiger partial charge in [-0.15, -0.1) is 11.3 Å². The Hall–Kier alpha value is -1.46. The first kappa shape index (κ1) is 15.9. The third-order valence-electron chi connectivity index (χ3n) is 2.87. The molecule has 21 heavy (non-hydrogen) atoms. The first-order chi connectivity index (χ1) is 9.77. The van der Waals surface area contributed by atoms with Crippen LogP contribution in [-0.2, 0) is 4.79 Å². The molecule has 5 heteroatoms. The van der Waals surface area contributed by atoms with Crippen molar-refractivity contribution >= 4 is 45.2 Å². The minimum atomic E-state index is -0.451. The Bertz CT molecular complexity index is 840. The number of aromatic amines is 1. The predicted molar refractivity (Wildman–Crippen MR) is 90.8 cm³/mol. The van der Waals surface area contributed by atoms with Crippen molar-refractivity contribution < 1.29 is 4.79 Å². The largest absolute Gasteiger partial charge is 0.313 e. The van der Waals surface area contributed by atoms with Gasteiger partial charge in [0.2, 0.25) is 0 Å². The Morgan fingerprint density at radius 3 is 2.57 bits per heavy atom. The Balaban J connectivity index is 2.51. The average molecular weight is 366 g/mol. The number of thiazole rings is 1. The topological polar surface area (TPSA) is 49.9 Å². The lowest BCUT2D eigenvalue weighted by Gasteiger charge is -2.12.